The first-order chi connectivity index (χ1) is 13.0. The first kappa shape index (κ1) is 19.5. The van der Waals surface area contributed by atoms with Crippen LogP contribution < -0.4 is 0 Å². The molecule has 4 nitrogen and oxygen atoms in total. The van der Waals surface area contributed by atoms with Crippen molar-refractivity contribution < 1.29 is 18.7 Å². The Morgan fingerprint density at radius 1 is 1.15 bits per heavy atom. The fourth-order valence-corrected chi connectivity index (χ4v) is 3.32. The lowest BCUT2D eigenvalue weighted by Gasteiger charge is -2.33. The van der Waals surface area contributed by atoms with Crippen LogP contribution in [0.25, 0.3) is 0 Å². The number of rotatable bonds is 6. The second-order valence-electron chi connectivity index (χ2n) is 6.54. The van der Waals surface area contributed by atoms with E-state index in [2.05, 4.69) is 0 Å². The average Bonchev–Trinajstić information content (AvgIpc) is 2.68. The van der Waals surface area contributed by atoms with Gasteiger partial charge in [0.2, 0.25) is 5.91 Å². The molecule has 0 bridgehead atoms. The molecule has 1 saturated heterocycles. The summed E-state index contributed by atoms with van der Waals surface area (Å²) >= 11 is 6.03. The second kappa shape index (κ2) is 9.11. The molecule has 0 saturated carbocycles. The number of amides is 1. The van der Waals surface area contributed by atoms with Crippen LogP contribution in [0, 0.1) is 5.82 Å². The van der Waals surface area contributed by atoms with Crippen LogP contribution in [0.1, 0.15) is 41.3 Å². The summed E-state index contributed by atoms with van der Waals surface area (Å²) in [6.45, 7) is 1.49. The van der Waals surface area contributed by atoms with Gasteiger partial charge in [-0.2, -0.15) is 0 Å². The summed E-state index contributed by atoms with van der Waals surface area (Å²) in [6.07, 6.45) is 0.838. The zero-order valence-corrected chi connectivity index (χ0v) is 15.6. The molecule has 0 radical (unpaired) electrons. The minimum atomic E-state index is -0.372. The Morgan fingerprint density at radius 2 is 1.93 bits per heavy atom. The molecular weight excluding hydrogens is 369 g/mol. The van der Waals surface area contributed by atoms with Gasteiger partial charge in [0.25, 0.3) is 0 Å². The van der Waals surface area contributed by atoms with Gasteiger partial charge in [-0.3, -0.25) is 9.59 Å². The summed E-state index contributed by atoms with van der Waals surface area (Å²) in [4.78, 5) is 26.4. The van der Waals surface area contributed by atoms with Gasteiger partial charge < -0.3 is 9.64 Å². The molecule has 0 aliphatic carbocycles. The number of hydrogen-bond donors (Lipinski definition) is 0. The van der Waals surface area contributed by atoms with Crippen molar-refractivity contribution in [1.82, 2.24) is 4.90 Å². The van der Waals surface area contributed by atoms with E-state index in [0.29, 0.717) is 43.1 Å². The number of carbonyl (C=O) groups excluding carboxylic acids is 2. The molecule has 142 valence electrons. The monoisotopic (exact) mass is 389 g/mol. The van der Waals surface area contributed by atoms with E-state index in [4.69, 9.17) is 16.3 Å². The summed E-state index contributed by atoms with van der Waals surface area (Å²) in [5, 5.41) is 0.638. The number of morpholine rings is 1. The zero-order valence-electron chi connectivity index (χ0n) is 14.9. The van der Waals surface area contributed by atoms with E-state index in [1.807, 2.05) is 18.2 Å². The highest BCUT2D eigenvalue weighted by Crippen LogP contribution is 2.25. The summed E-state index contributed by atoms with van der Waals surface area (Å²) < 4.78 is 18.7. The van der Waals surface area contributed by atoms with Gasteiger partial charge in [0.15, 0.2) is 5.78 Å². The first-order valence-corrected chi connectivity index (χ1v) is 9.34. The number of benzene rings is 2. The van der Waals surface area contributed by atoms with Crippen LogP contribution in [0.2, 0.25) is 5.02 Å². The topological polar surface area (TPSA) is 46.6 Å². The molecule has 1 amide bonds. The number of carbonyl (C=O) groups is 2. The van der Waals surface area contributed by atoms with Crippen molar-refractivity contribution in [3.63, 3.8) is 0 Å². The van der Waals surface area contributed by atoms with Gasteiger partial charge in [0.1, 0.15) is 11.9 Å². The molecule has 0 N–H and O–H groups in total. The summed E-state index contributed by atoms with van der Waals surface area (Å²) in [7, 11) is 0. The van der Waals surface area contributed by atoms with Crippen LogP contribution in [-0.2, 0) is 9.53 Å². The average molecular weight is 390 g/mol. The third-order valence-corrected chi connectivity index (χ3v) is 4.84. The van der Waals surface area contributed by atoms with Gasteiger partial charge in [-0.25, -0.2) is 4.39 Å². The Hall–Kier alpha value is -2.24. The van der Waals surface area contributed by atoms with Crippen molar-refractivity contribution in [2.75, 3.05) is 19.7 Å². The molecule has 2 aromatic rings. The van der Waals surface area contributed by atoms with Gasteiger partial charge >= 0.3 is 0 Å². The van der Waals surface area contributed by atoms with Crippen molar-refractivity contribution >= 4 is 23.3 Å². The Kier molecular flexibility index (Phi) is 6.58. The van der Waals surface area contributed by atoms with Gasteiger partial charge in [-0.1, -0.05) is 23.7 Å². The van der Waals surface area contributed by atoms with Gasteiger partial charge in [0, 0.05) is 30.0 Å². The van der Waals surface area contributed by atoms with Crippen LogP contribution >= 0.6 is 11.6 Å². The largest absolute Gasteiger partial charge is 0.370 e. The van der Waals surface area contributed by atoms with Crippen LogP contribution in [-0.4, -0.2) is 36.3 Å². The number of Topliss-reactive ketones (excluding diaryl/α,β-unsaturated/α-hetero) is 1. The summed E-state index contributed by atoms with van der Waals surface area (Å²) in [6, 6.07) is 12.9. The molecule has 6 heteroatoms. The molecule has 1 heterocycles. The van der Waals surface area contributed by atoms with E-state index in [9.17, 15) is 14.0 Å². The molecule has 1 aliphatic rings. The molecule has 1 aliphatic heterocycles. The third-order valence-electron chi connectivity index (χ3n) is 4.60. The van der Waals surface area contributed by atoms with Gasteiger partial charge in [-0.05, 0) is 48.4 Å². The van der Waals surface area contributed by atoms with Crippen molar-refractivity contribution in [2.45, 2.75) is 25.4 Å². The minimum Gasteiger partial charge on any atom is -0.370 e. The SMILES string of the molecule is O=C(CCCC(=O)N1CCOC(c2cccc(Cl)c2)C1)c1ccc(F)cc1. The van der Waals surface area contributed by atoms with Crippen molar-refractivity contribution in [3.8, 4) is 0 Å². The maximum absolute atomic E-state index is 12.9. The van der Waals surface area contributed by atoms with Crippen LogP contribution in [0.4, 0.5) is 4.39 Å². The van der Waals surface area contributed by atoms with Crippen LogP contribution in [0.3, 0.4) is 0 Å². The number of halogens is 2. The second-order valence-corrected chi connectivity index (χ2v) is 6.97. The number of nitrogens with zero attached hydrogens (tertiary/aromatic N) is 1. The van der Waals surface area contributed by atoms with E-state index in [-0.39, 0.29) is 30.0 Å². The molecule has 2 aromatic carbocycles. The smallest absolute Gasteiger partial charge is 0.222 e. The highest BCUT2D eigenvalue weighted by atomic mass is 35.5. The first-order valence-electron chi connectivity index (χ1n) is 8.96. The molecule has 0 spiro atoms. The Bertz CT molecular complexity index is 809. The number of ketones is 1. The predicted octanol–water partition coefficient (Wildman–Crippen LogP) is 4.43. The molecule has 1 atom stereocenters. The lowest BCUT2D eigenvalue weighted by atomic mass is 10.0. The maximum atomic E-state index is 12.9. The van der Waals surface area contributed by atoms with E-state index in [1.165, 1.54) is 24.3 Å². The van der Waals surface area contributed by atoms with Crippen molar-refractivity contribution in [2.24, 2.45) is 0 Å². The minimum absolute atomic E-state index is 0.0113. The predicted molar refractivity (Wildman–Crippen MR) is 101 cm³/mol. The van der Waals surface area contributed by atoms with Crippen LogP contribution in [0.5, 0.6) is 0 Å². The lowest BCUT2D eigenvalue weighted by molar-refractivity contribution is -0.139. The lowest BCUT2D eigenvalue weighted by Crippen LogP contribution is -2.42. The Labute approximate surface area is 162 Å². The van der Waals surface area contributed by atoms with Crippen LogP contribution in [0.15, 0.2) is 48.5 Å². The highest BCUT2D eigenvalue weighted by molar-refractivity contribution is 6.30. The molecule has 0 aromatic heterocycles. The van der Waals surface area contributed by atoms with Gasteiger partial charge in [-0.15, -0.1) is 0 Å². The molecule has 27 heavy (non-hydrogen) atoms. The zero-order chi connectivity index (χ0) is 19.2. The summed E-state index contributed by atoms with van der Waals surface area (Å²) in [5.74, 6) is -0.442. The van der Waals surface area contributed by atoms with Gasteiger partial charge in [0.05, 0.1) is 13.2 Å². The number of hydrogen-bond acceptors (Lipinski definition) is 3. The fraction of sp³-hybridized carbons (Fsp3) is 0.333. The standard InChI is InChI=1S/C21H21ClFNO3/c22-17-4-1-3-16(13-17)20-14-24(11-12-27-20)21(26)6-2-5-19(25)15-7-9-18(23)10-8-15/h1,3-4,7-10,13,20H,2,5-6,11-12,14H2. The number of ether oxygens (including phenoxy) is 1. The maximum Gasteiger partial charge on any atom is 0.222 e. The Balaban J connectivity index is 1.49. The quantitative estimate of drug-likeness (QED) is 0.686. The van der Waals surface area contributed by atoms with E-state index < -0.39 is 0 Å². The normalized spacial score (nSPS) is 17.0. The van der Waals surface area contributed by atoms with Crippen molar-refractivity contribution in [1.29, 1.82) is 0 Å². The van der Waals surface area contributed by atoms with E-state index in [1.54, 1.807) is 11.0 Å². The fourth-order valence-electron chi connectivity index (χ4n) is 3.12. The van der Waals surface area contributed by atoms with E-state index in [0.717, 1.165) is 5.56 Å². The third kappa shape index (κ3) is 5.37. The van der Waals surface area contributed by atoms with Crippen molar-refractivity contribution in [3.05, 3.63) is 70.5 Å². The Morgan fingerprint density at radius 3 is 2.67 bits per heavy atom. The molecule has 3 rings (SSSR count). The summed E-state index contributed by atoms with van der Waals surface area (Å²) in [5.41, 5.74) is 1.42. The highest BCUT2D eigenvalue weighted by Gasteiger charge is 2.25. The van der Waals surface area contributed by atoms with E-state index >= 15 is 0 Å². The molecule has 1 fully saturated rings. The molecule has 1 unspecified atom stereocenters. The molecular formula is C21H21ClFNO3.